The van der Waals surface area contributed by atoms with Crippen LogP contribution in [-0.2, 0) is 9.53 Å². The van der Waals surface area contributed by atoms with Gasteiger partial charge in [-0.2, -0.15) is 0 Å². The molecule has 2 atom stereocenters. The second-order valence-corrected chi connectivity index (χ2v) is 4.54. The molecule has 0 unspecified atom stereocenters. The topological polar surface area (TPSA) is 46.6 Å². The van der Waals surface area contributed by atoms with Crippen LogP contribution in [0.1, 0.15) is 25.0 Å². The molecular weight excluding hydrogens is 254 g/mol. The highest BCUT2D eigenvalue weighted by molar-refractivity contribution is 6.19. The maximum absolute atomic E-state index is 11.8. The molecule has 1 saturated heterocycles. The molecule has 0 aromatic heterocycles. The van der Waals surface area contributed by atoms with Crippen LogP contribution in [0.5, 0.6) is 0 Å². The maximum atomic E-state index is 11.8. The Morgan fingerprint density at radius 3 is 2.67 bits per heavy atom. The summed E-state index contributed by atoms with van der Waals surface area (Å²) < 4.78 is 5.26. The molecule has 0 radical (unpaired) electrons. The van der Waals surface area contributed by atoms with Gasteiger partial charge in [0.15, 0.2) is 0 Å². The zero-order valence-electron chi connectivity index (χ0n) is 10.0. The number of nitrogens with zero attached hydrogens (tertiary/aromatic N) is 1. The van der Waals surface area contributed by atoms with E-state index in [9.17, 15) is 9.59 Å². The molecule has 1 aromatic carbocycles. The summed E-state index contributed by atoms with van der Waals surface area (Å²) in [6, 6.07) is 9.09. The lowest BCUT2D eigenvalue weighted by Crippen LogP contribution is -2.37. The van der Waals surface area contributed by atoms with E-state index in [1.54, 1.807) is 6.92 Å². The third kappa shape index (κ3) is 2.34. The predicted octanol–water partition coefficient (Wildman–Crippen LogP) is 2.72. The molecule has 1 fully saturated rings. The molecule has 0 saturated carbocycles. The number of alkyl halides is 1. The fraction of sp³-hybridized carbons (Fsp3) is 0.385. The summed E-state index contributed by atoms with van der Waals surface area (Å²) in [6.45, 7) is 1.80. The molecule has 2 rings (SSSR count). The Hall–Kier alpha value is -1.55. The van der Waals surface area contributed by atoms with Crippen LogP contribution < -0.4 is 0 Å². The number of carbonyl (C=O) groups is 2. The van der Waals surface area contributed by atoms with Gasteiger partial charge in [0.25, 0.3) is 0 Å². The summed E-state index contributed by atoms with van der Waals surface area (Å²) in [5.41, 5.74) is 0.888. The lowest BCUT2D eigenvalue weighted by Gasteiger charge is -2.18. The van der Waals surface area contributed by atoms with Crippen LogP contribution in [0.25, 0.3) is 0 Å². The summed E-state index contributed by atoms with van der Waals surface area (Å²) >= 11 is 5.52. The predicted molar refractivity (Wildman–Crippen MR) is 67.3 cm³/mol. The first-order chi connectivity index (χ1) is 8.65. The maximum Gasteiger partial charge on any atom is 0.417 e. The van der Waals surface area contributed by atoms with E-state index < -0.39 is 12.2 Å². The monoisotopic (exact) mass is 267 g/mol. The number of carbonyl (C=O) groups excluding carboxylic acids is 2. The smallest absolute Gasteiger partial charge is 0.417 e. The van der Waals surface area contributed by atoms with Gasteiger partial charge in [-0.25, -0.2) is 9.69 Å². The standard InChI is InChI=1S/C13H14ClNO3/c1-9-12(10-5-3-2-4-6-10)18-13(17)15(9)11(16)7-8-14/h2-6,9,12H,7-8H2,1H3/t9-,12-/m0/s1. The van der Waals surface area contributed by atoms with Crippen molar-refractivity contribution < 1.29 is 14.3 Å². The molecule has 1 aromatic rings. The summed E-state index contributed by atoms with van der Waals surface area (Å²) in [4.78, 5) is 24.7. The van der Waals surface area contributed by atoms with Gasteiger partial charge in [0, 0.05) is 12.3 Å². The number of hydrogen-bond acceptors (Lipinski definition) is 3. The van der Waals surface area contributed by atoms with E-state index in [4.69, 9.17) is 16.3 Å². The van der Waals surface area contributed by atoms with E-state index >= 15 is 0 Å². The first-order valence-corrected chi connectivity index (χ1v) is 6.32. The van der Waals surface area contributed by atoms with Gasteiger partial charge in [0.05, 0.1) is 6.04 Å². The van der Waals surface area contributed by atoms with Gasteiger partial charge >= 0.3 is 6.09 Å². The Bertz CT molecular complexity index is 449. The van der Waals surface area contributed by atoms with Gasteiger partial charge in [-0.1, -0.05) is 30.3 Å². The minimum atomic E-state index is -0.591. The van der Waals surface area contributed by atoms with Crippen molar-refractivity contribution in [2.45, 2.75) is 25.5 Å². The number of amides is 2. The Labute approximate surface area is 110 Å². The van der Waals surface area contributed by atoms with E-state index in [2.05, 4.69) is 0 Å². The van der Waals surface area contributed by atoms with Gasteiger partial charge in [-0.3, -0.25) is 4.79 Å². The summed E-state index contributed by atoms with van der Waals surface area (Å²) in [5.74, 6) is -0.0911. The second kappa shape index (κ2) is 5.40. The average molecular weight is 268 g/mol. The Balaban J connectivity index is 2.19. The summed E-state index contributed by atoms with van der Waals surface area (Å²) in [7, 11) is 0. The quantitative estimate of drug-likeness (QED) is 0.791. The first kappa shape index (κ1) is 12.9. The number of halogens is 1. The molecule has 0 bridgehead atoms. The molecule has 1 heterocycles. The van der Waals surface area contributed by atoms with Gasteiger partial charge in [0.1, 0.15) is 6.10 Å². The van der Waals surface area contributed by atoms with Crippen LogP contribution in [0, 0.1) is 0 Å². The van der Waals surface area contributed by atoms with Crippen molar-refractivity contribution in [1.82, 2.24) is 4.90 Å². The van der Waals surface area contributed by atoms with Gasteiger partial charge < -0.3 is 4.74 Å². The number of imide groups is 1. The highest BCUT2D eigenvalue weighted by Crippen LogP contribution is 2.32. The fourth-order valence-corrected chi connectivity index (χ4v) is 2.25. The Morgan fingerprint density at radius 1 is 1.39 bits per heavy atom. The van der Waals surface area contributed by atoms with Crippen LogP contribution in [0.3, 0.4) is 0 Å². The molecule has 0 aliphatic carbocycles. The largest absolute Gasteiger partial charge is 0.439 e. The van der Waals surface area contributed by atoms with Crippen molar-refractivity contribution in [1.29, 1.82) is 0 Å². The van der Waals surface area contributed by atoms with Crippen molar-refractivity contribution >= 4 is 23.6 Å². The minimum Gasteiger partial charge on any atom is -0.439 e. The molecule has 4 nitrogen and oxygen atoms in total. The van der Waals surface area contributed by atoms with E-state index in [0.717, 1.165) is 10.5 Å². The highest BCUT2D eigenvalue weighted by atomic mass is 35.5. The Morgan fingerprint density at radius 2 is 2.06 bits per heavy atom. The van der Waals surface area contributed by atoms with E-state index in [-0.39, 0.29) is 24.2 Å². The molecule has 5 heteroatoms. The SMILES string of the molecule is C[C@H]1[C@@H](c2ccccc2)OC(=O)N1C(=O)CCCl. The van der Waals surface area contributed by atoms with Crippen molar-refractivity contribution in [3.63, 3.8) is 0 Å². The zero-order chi connectivity index (χ0) is 13.1. The Kier molecular flexibility index (Phi) is 3.87. The lowest BCUT2D eigenvalue weighted by atomic mass is 10.0. The summed E-state index contributed by atoms with van der Waals surface area (Å²) in [5, 5.41) is 0. The number of cyclic esters (lactones) is 1. The fourth-order valence-electron chi connectivity index (χ4n) is 2.09. The van der Waals surface area contributed by atoms with Crippen LogP contribution in [0.2, 0.25) is 0 Å². The third-order valence-electron chi connectivity index (χ3n) is 2.98. The number of hydrogen-bond donors (Lipinski definition) is 0. The van der Waals surface area contributed by atoms with Crippen molar-refractivity contribution in [3.05, 3.63) is 35.9 Å². The second-order valence-electron chi connectivity index (χ2n) is 4.16. The highest BCUT2D eigenvalue weighted by Gasteiger charge is 2.42. The van der Waals surface area contributed by atoms with Crippen molar-refractivity contribution in [2.75, 3.05) is 5.88 Å². The van der Waals surface area contributed by atoms with E-state index in [0.29, 0.717) is 0 Å². The van der Waals surface area contributed by atoms with E-state index in [1.165, 1.54) is 0 Å². The first-order valence-electron chi connectivity index (χ1n) is 5.78. The van der Waals surface area contributed by atoms with Gasteiger partial charge in [0.2, 0.25) is 5.91 Å². The van der Waals surface area contributed by atoms with Gasteiger partial charge in [-0.05, 0) is 12.5 Å². The van der Waals surface area contributed by atoms with Crippen LogP contribution in [0.4, 0.5) is 4.79 Å². The molecule has 96 valence electrons. The van der Waals surface area contributed by atoms with E-state index in [1.807, 2.05) is 30.3 Å². The van der Waals surface area contributed by atoms with Gasteiger partial charge in [-0.15, -0.1) is 11.6 Å². The number of benzene rings is 1. The van der Waals surface area contributed by atoms with Crippen LogP contribution >= 0.6 is 11.6 Å². The van der Waals surface area contributed by atoms with Crippen molar-refractivity contribution in [2.24, 2.45) is 0 Å². The minimum absolute atomic E-state index is 0.141. The van der Waals surface area contributed by atoms with Crippen LogP contribution in [-0.4, -0.2) is 28.8 Å². The molecular formula is C13H14ClNO3. The summed E-state index contributed by atoms with van der Waals surface area (Å²) in [6.07, 6.45) is -0.855. The average Bonchev–Trinajstić information content (AvgIpc) is 2.66. The molecule has 0 spiro atoms. The normalized spacial score (nSPS) is 23.0. The molecule has 0 N–H and O–H groups in total. The lowest BCUT2D eigenvalue weighted by molar-refractivity contribution is -0.128. The number of rotatable bonds is 3. The molecule has 2 amide bonds. The molecule has 1 aliphatic heterocycles. The zero-order valence-corrected chi connectivity index (χ0v) is 10.8. The van der Waals surface area contributed by atoms with Crippen molar-refractivity contribution in [3.8, 4) is 0 Å². The number of ether oxygens (including phenoxy) is 1. The third-order valence-corrected chi connectivity index (χ3v) is 3.16. The van der Waals surface area contributed by atoms with Crippen LogP contribution in [0.15, 0.2) is 30.3 Å². The molecule has 18 heavy (non-hydrogen) atoms. The molecule has 1 aliphatic rings.